The summed E-state index contributed by atoms with van der Waals surface area (Å²) in [5.74, 6) is 0. The normalized spacial score (nSPS) is 18.8. The molecule has 0 saturated heterocycles. The first kappa shape index (κ1) is 15.8. The zero-order chi connectivity index (χ0) is 15.3. The van der Waals surface area contributed by atoms with Crippen LogP contribution >= 0.6 is 0 Å². The number of alkyl halides is 3. The first-order chi connectivity index (χ1) is 10.0. The molecule has 1 saturated carbocycles. The minimum absolute atomic E-state index is 0.0248. The average molecular weight is 296 g/mol. The smallest absolute Gasteiger partial charge is 0.295 e. The first-order valence-corrected chi connectivity index (χ1v) is 7.34. The summed E-state index contributed by atoms with van der Waals surface area (Å²) < 4.78 is 39.2. The fourth-order valence-corrected chi connectivity index (χ4v) is 2.89. The summed E-state index contributed by atoms with van der Waals surface area (Å²) in [6.45, 7) is 0. The van der Waals surface area contributed by atoms with Gasteiger partial charge in [-0.15, -0.1) is 0 Å². The molecule has 21 heavy (non-hydrogen) atoms. The maximum absolute atomic E-state index is 13.1. The predicted molar refractivity (Wildman–Crippen MR) is 74.4 cm³/mol. The molecule has 5 heteroatoms. The van der Waals surface area contributed by atoms with Crippen molar-refractivity contribution in [3.8, 4) is 6.07 Å². The predicted octanol–water partition coefficient (Wildman–Crippen LogP) is 4.58. The van der Waals surface area contributed by atoms with E-state index in [9.17, 15) is 18.4 Å². The van der Waals surface area contributed by atoms with E-state index in [0.29, 0.717) is 0 Å². The second kappa shape index (κ2) is 6.95. The van der Waals surface area contributed by atoms with Crippen LogP contribution < -0.4 is 5.32 Å². The summed E-state index contributed by atoms with van der Waals surface area (Å²) in [7, 11) is 0. The number of halogens is 3. The maximum atomic E-state index is 13.1. The lowest BCUT2D eigenvalue weighted by Crippen LogP contribution is -2.33. The zero-order valence-electron chi connectivity index (χ0n) is 11.8. The fraction of sp³-hybridized carbons (Fsp3) is 0.562. The van der Waals surface area contributed by atoms with Gasteiger partial charge in [0.2, 0.25) is 0 Å². The molecule has 0 heterocycles. The largest absolute Gasteiger partial charge is 0.416 e. The molecule has 0 amide bonds. The number of nitrogens with zero attached hydrogens (tertiary/aromatic N) is 1. The Hall–Kier alpha value is -1.54. The van der Waals surface area contributed by atoms with Gasteiger partial charge in [0.25, 0.3) is 0 Å². The SMILES string of the molecule is N#CC(NC1CCCCCC1)c1ccccc1C(F)(F)F. The summed E-state index contributed by atoms with van der Waals surface area (Å²) in [6.07, 6.45) is 1.87. The molecule has 1 aliphatic carbocycles. The lowest BCUT2D eigenvalue weighted by molar-refractivity contribution is -0.138. The van der Waals surface area contributed by atoms with Crippen molar-refractivity contribution < 1.29 is 13.2 Å². The van der Waals surface area contributed by atoms with Crippen LogP contribution in [0.2, 0.25) is 0 Å². The van der Waals surface area contributed by atoms with E-state index in [4.69, 9.17) is 0 Å². The molecule has 1 aromatic carbocycles. The number of rotatable bonds is 3. The van der Waals surface area contributed by atoms with Crippen molar-refractivity contribution in [2.75, 3.05) is 0 Å². The van der Waals surface area contributed by atoms with E-state index in [-0.39, 0.29) is 11.6 Å². The Balaban J connectivity index is 2.20. The second-order valence-electron chi connectivity index (χ2n) is 5.50. The van der Waals surface area contributed by atoms with Crippen molar-refractivity contribution in [2.24, 2.45) is 0 Å². The third kappa shape index (κ3) is 4.21. The lowest BCUT2D eigenvalue weighted by Gasteiger charge is -2.23. The Labute approximate surface area is 123 Å². The Morgan fingerprint density at radius 2 is 1.71 bits per heavy atom. The van der Waals surface area contributed by atoms with Crippen LogP contribution in [0.1, 0.15) is 55.7 Å². The van der Waals surface area contributed by atoms with Crippen LogP contribution in [0.4, 0.5) is 13.2 Å². The maximum Gasteiger partial charge on any atom is 0.416 e. The number of hydrogen-bond acceptors (Lipinski definition) is 2. The molecule has 1 N–H and O–H groups in total. The molecule has 0 bridgehead atoms. The Morgan fingerprint density at radius 3 is 2.29 bits per heavy atom. The monoisotopic (exact) mass is 296 g/mol. The van der Waals surface area contributed by atoms with Crippen LogP contribution in [-0.4, -0.2) is 6.04 Å². The van der Waals surface area contributed by atoms with Gasteiger partial charge >= 0.3 is 6.18 Å². The van der Waals surface area contributed by atoms with Gasteiger partial charge in [0.05, 0.1) is 11.6 Å². The quantitative estimate of drug-likeness (QED) is 0.829. The van der Waals surface area contributed by atoms with Crippen molar-refractivity contribution in [2.45, 2.75) is 56.8 Å². The van der Waals surface area contributed by atoms with Gasteiger partial charge in [-0.3, -0.25) is 5.32 Å². The molecule has 1 atom stereocenters. The summed E-state index contributed by atoms with van der Waals surface area (Å²) in [5, 5.41) is 12.4. The van der Waals surface area contributed by atoms with Gasteiger partial charge in [0.1, 0.15) is 6.04 Å². The van der Waals surface area contributed by atoms with Crippen LogP contribution in [0.25, 0.3) is 0 Å². The van der Waals surface area contributed by atoms with E-state index in [1.165, 1.54) is 12.1 Å². The first-order valence-electron chi connectivity index (χ1n) is 7.34. The summed E-state index contributed by atoms with van der Waals surface area (Å²) in [5.41, 5.74) is -0.700. The Kier molecular flexibility index (Phi) is 5.24. The minimum atomic E-state index is -4.43. The molecule has 0 aliphatic heterocycles. The van der Waals surface area contributed by atoms with E-state index in [0.717, 1.165) is 44.6 Å². The number of nitrogens with one attached hydrogen (secondary N) is 1. The van der Waals surface area contributed by atoms with E-state index in [1.807, 2.05) is 6.07 Å². The standard InChI is InChI=1S/C16H19F3N2/c17-16(18,19)14-10-6-5-9-13(14)15(11-20)21-12-7-3-1-2-4-8-12/h5-6,9-10,12,15,21H,1-4,7-8H2. The number of benzene rings is 1. The van der Waals surface area contributed by atoms with Crippen molar-refractivity contribution in [3.63, 3.8) is 0 Å². The Morgan fingerprint density at radius 1 is 1.10 bits per heavy atom. The van der Waals surface area contributed by atoms with Gasteiger partial charge in [-0.25, -0.2) is 0 Å². The van der Waals surface area contributed by atoms with Gasteiger partial charge in [-0.2, -0.15) is 18.4 Å². The highest BCUT2D eigenvalue weighted by Crippen LogP contribution is 2.34. The molecule has 1 aromatic rings. The van der Waals surface area contributed by atoms with Crippen LogP contribution in [0, 0.1) is 11.3 Å². The molecule has 1 aliphatic rings. The van der Waals surface area contributed by atoms with E-state index >= 15 is 0 Å². The van der Waals surface area contributed by atoms with E-state index in [1.54, 1.807) is 6.07 Å². The molecule has 2 nitrogen and oxygen atoms in total. The molecule has 0 spiro atoms. The number of hydrogen-bond donors (Lipinski definition) is 1. The molecule has 1 fully saturated rings. The minimum Gasteiger partial charge on any atom is -0.295 e. The van der Waals surface area contributed by atoms with Gasteiger partial charge in [-0.05, 0) is 24.5 Å². The molecule has 0 radical (unpaired) electrons. The molecule has 1 unspecified atom stereocenters. The highest BCUT2D eigenvalue weighted by molar-refractivity contribution is 5.35. The third-order valence-corrected chi connectivity index (χ3v) is 3.96. The van der Waals surface area contributed by atoms with E-state index < -0.39 is 17.8 Å². The van der Waals surface area contributed by atoms with Crippen LogP contribution in [0.5, 0.6) is 0 Å². The van der Waals surface area contributed by atoms with Crippen molar-refractivity contribution in [3.05, 3.63) is 35.4 Å². The summed E-state index contributed by atoms with van der Waals surface area (Å²) >= 11 is 0. The fourth-order valence-electron chi connectivity index (χ4n) is 2.89. The van der Waals surface area contributed by atoms with Crippen LogP contribution in [0.3, 0.4) is 0 Å². The second-order valence-corrected chi connectivity index (χ2v) is 5.50. The topological polar surface area (TPSA) is 35.8 Å². The third-order valence-electron chi connectivity index (χ3n) is 3.96. The molecular weight excluding hydrogens is 277 g/mol. The van der Waals surface area contributed by atoms with Crippen molar-refractivity contribution in [1.82, 2.24) is 5.32 Å². The van der Waals surface area contributed by atoms with Crippen molar-refractivity contribution >= 4 is 0 Å². The lowest BCUT2D eigenvalue weighted by atomic mass is 9.98. The number of nitriles is 1. The van der Waals surface area contributed by atoms with Crippen LogP contribution in [0.15, 0.2) is 24.3 Å². The summed E-state index contributed by atoms with van der Waals surface area (Å²) in [6, 6.07) is 6.52. The average Bonchev–Trinajstić information content (AvgIpc) is 2.72. The van der Waals surface area contributed by atoms with Gasteiger partial charge in [-0.1, -0.05) is 43.9 Å². The Bertz CT molecular complexity index is 497. The van der Waals surface area contributed by atoms with Crippen LogP contribution in [-0.2, 0) is 6.18 Å². The molecule has 0 aromatic heterocycles. The highest BCUT2D eigenvalue weighted by atomic mass is 19.4. The zero-order valence-corrected chi connectivity index (χ0v) is 11.8. The molecule has 2 rings (SSSR count). The van der Waals surface area contributed by atoms with Gasteiger partial charge < -0.3 is 0 Å². The highest BCUT2D eigenvalue weighted by Gasteiger charge is 2.35. The van der Waals surface area contributed by atoms with Gasteiger partial charge in [0.15, 0.2) is 0 Å². The van der Waals surface area contributed by atoms with Crippen molar-refractivity contribution in [1.29, 1.82) is 5.26 Å². The molecule has 114 valence electrons. The summed E-state index contributed by atoms with van der Waals surface area (Å²) in [4.78, 5) is 0. The van der Waals surface area contributed by atoms with Gasteiger partial charge in [0, 0.05) is 6.04 Å². The van der Waals surface area contributed by atoms with E-state index in [2.05, 4.69) is 5.32 Å². The molecular formula is C16H19F3N2.